The quantitative estimate of drug-likeness (QED) is 0.568. The smallest absolute Gasteiger partial charge is 0.215 e. The zero-order valence-electron chi connectivity index (χ0n) is 11.7. The molecule has 4 aromatic rings. The predicted octanol–water partition coefficient (Wildman–Crippen LogP) is 3.72. The van der Waals surface area contributed by atoms with Gasteiger partial charge in [0.05, 0.1) is 12.2 Å². The van der Waals surface area contributed by atoms with E-state index in [0.717, 1.165) is 11.1 Å². The summed E-state index contributed by atoms with van der Waals surface area (Å²) < 4.78 is 7.92. The Morgan fingerprint density at radius 1 is 1.19 bits per heavy atom. The molecule has 0 aliphatic rings. The Hall–Kier alpha value is -2.75. The number of para-hydroxylation sites is 1. The van der Waals surface area contributed by atoms with Crippen LogP contribution in [0.2, 0.25) is 0 Å². The highest BCUT2D eigenvalue weighted by Crippen LogP contribution is 2.23. The molecule has 0 saturated carbocycles. The lowest BCUT2D eigenvalue weighted by molar-refractivity contribution is 0.513. The third kappa shape index (κ3) is 1.96. The number of oxazole rings is 1. The van der Waals surface area contributed by atoms with E-state index in [2.05, 4.69) is 46.9 Å². The van der Waals surface area contributed by atoms with Gasteiger partial charge in [-0.15, -0.1) is 0 Å². The van der Waals surface area contributed by atoms with E-state index in [0.29, 0.717) is 18.1 Å². The maximum atomic E-state index is 5.92. The minimum absolute atomic E-state index is 0.598. The first-order valence-electron chi connectivity index (χ1n) is 6.90. The van der Waals surface area contributed by atoms with Gasteiger partial charge in [0.15, 0.2) is 5.58 Å². The van der Waals surface area contributed by atoms with E-state index in [1.165, 1.54) is 16.5 Å². The first kappa shape index (κ1) is 12.0. The number of nitrogens with zero attached hydrogens (tertiary/aromatic N) is 2. The monoisotopic (exact) mass is 277 g/mol. The number of rotatable bonds is 2. The van der Waals surface area contributed by atoms with Gasteiger partial charge in [0.25, 0.3) is 0 Å². The van der Waals surface area contributed by atoms with Gasteiger partial charge >= 0.3 is 0 Å². The van der Waals surface area contributed by atoms with Crippen molar-refractivity contribution in [1.82, 2.24) is 9.55 Å². The van der Waals surface area contributed by atoms with Crippen LogP contribution in [0.25, 0.3) is 22.0 Å². The number of fused-ring (bicyclic) bond motifs is 2. The molecule has 0 unspecified atom stereocenters. The number of anilines is 1. The maximum absolute atomic E-state index is 5.92. The molecule has 4 heteroatoms. The van der Waals surface area contributed by atoms with E-state index >= 15 is 0 Å². The highest BCUT2D eigenvalue weighted by molar-refractivity contribution is 5.85. The standard InChI is InChI=1S/C17H15N3O/c1-11-5-6-14-12(9-11)7-8-20(14)10-16-19-17-13(18)3-2-4-15(17)21-16/h2-9H,10,18H2,1H3. The Balaban J connectivity index is 1.77. The summed E-state index contributed by atoms with van der Waals surface area (Å²) in [7, 11) is 0. The summed E-state index contributed by atoms with van der Waals surface area (Å²) in [6.07, 6.45) is 2.06. The van der Waals surface area contributed by atoms with Crippen molar-refractivity contribution in [3.63, 3.8) is 0 Å². The van der Waals surface area contributed by atoms with Gasteiger partial charge in [-0.3, -0.25) is 0 Å². The van der Waals surface area contributed by atoms with Crippen molar-refractivity contribution >= 4 is 27.7 Å². The fraction of sp³-hybridized carbons (Fsp3) is 0.118. The zero-order chi connectivity index (χ0) is 14.4. The summed E-state index contributed by atoms with van der Waals surface area (Å²) in [4.78, 5) is 4.50. The van der Waals surface area contributed by atoms with E-state index in [9.17, 15) is 0 Å². The zero-order valence-corrected chi connectivity index (χ0v) is 11.7. The van der Waals surface area contributed by atoms with Crippen molar-refractivity contribution in [2.75, 3.05) is 5.73 Å². The number of nitrogen functional groups attached to an aromatic ring is 1. The van der Waals surface area contributed by atoms with Crippen LogP contribution in [-0.2, 0) is 6.54 Å². The van der Waals surface area contributed by atoms with Gasteiger partial charge in [-0.05, 0) is 42.6 Å². The van der Waals surface area contributed by atoms with E-state index in [-0.39, 0.29) is 0 Å². The van der Waals surface area contributed by atoms with E-state index < -0.39 is 0 Å². The molecule has 0 fully saturated rings. The summed E-state index contributed by atoms with van der Waals surface area (Å²) in [5.41, 5.74) is 10.5. The molecule has 0 atom stereocenters. The van der Waals surface area contributed by atoms with Crippen LogP contribution >= 0.6 is 0 Å². The summed E-state index contributed by atoms with van der Waals surface area (Å²) in [6.45, 7) is 2.70. The summed E-state index contributed by atoms with van der Waals surface area (Å²) in [6, 6.07) is 14.1. The topological polar surface area (TPSA) is 57.0 Å². The number of benzene rings is 2. The Kier molecular flexibility index (Phi) is 2.51. The fourth-order valence-corrected chi connectivity index (χ4v) is 2.69. The molecule has 2 heterocycles. The van der Waals surface area contributed by atoms with Gasteiger partial charge < -0.3 is 14.7 Å². The second-order valence-corrected chi connectivity index (χ2v) is 5.31. The van der Waals surface area contributed by atoms with Crippen LogP contribution in [0.3, 0.4) is 0 Å². The second kappa shape index (κ2) is 4.38. The second-order valence-electron chi connectivity index (χ2n) is 5.31. The molecular weight excluding hydrogens is 262 g/mol. The average Bonchev–Trinajstić information content (AvgIpc) is 3.04. The Bertz CT molecular complexity index is 949. The molecule has 0 aliphatic heterocycles. The summed E-state index contributed by atoms with van der Waals surface area (Å²) >= 11 is 0. The number of hydrogen-bond acceptors (Lipinski definition) is 3. The lowest BCUT2D eigenvalue weighted by Crippen LogP contribution is -1.98. The lowest BCUT2D eigenvalue weighted by Gasteiger charge is -2.02. The average molecular weight is 277 g/mol. The van der Waals surface area contributed by atoms with Crippen molar-refractivity contribution in [3.8, 4) is 0 Å². The molecule has 0 bridgehead atoms. The van der Waals surface area contributed by atoms with Crippen molar-refractivity contribution in [1.29, 1.82) is 0 Å². The van der Waals surface area contributed by atoms with Crippen LogP contribution in [0, 0.1) is 6.92 Å². The van der Waals surface area contributed by atoms with Crippen LogP contribution < -0.4 is 5.73 Å². The molecule has 0 aliphatic carbocycles. The van der Waals surface area contributed by atoms with Gasteiger partial charge in [-0.25, -0.2) is 4.98 Å². The Labute approximate surface area is 121 Å². The van der Waals surface area contributed by atoms with E-state index in [1.807, 2.05) is 18.2 Å². The molecule has 2 aromatic heterocycles. The number of nitrogens with two attached hydrogens (primary N) is 1. The van der Waals surface area contributed by atoms with Crippen LogP contribution in [0.1, 0.15) is 11.5 Å². The van der Waals surface area contributed by atoms with Crippen molar-refractivity contribution in [3.05, 3.63) is 60.1 Å². The van der Waals surface area contributed by atoms with Gasteiger partial charge in [-0.2, -0.15) is 0 Å². The Morgan fingerprint density at radius 3 is 2.95 bits per heavy atom. The lowest BCUT2D eigenvalue weighted by atomic mass is 10.2. The number of hydrogen-bond donors (Lipinski definition) is 1. The predicted molar refractivity (Wildman–Crippen MR) is 84.2 cm³/mol. The highest BCUT2D eigenvalue weighted by atomic mass is 16.3. The normalized spacial score (nSPS) is 11.5. The van der Waals surface area contributed by atoms with Gasteiger partial charge in [0, 0.05) is 11.7 Å². The molecular formula is C17H15N3O. The van der Waals surface area contributed by atoms with Gasteiger partial charge in [0.2, 0.25) is 5.89 Å². The molecule has 104 valence electrons. The molecule has 2 aromatic carbocycles. The molecule has 2 N–H and O–H groups in total. The highest BCUT2D eigenvalue weighted by Gasteiger charge is 2.10. The van der Waals surface area contributed by atoms with Gasteiger partial charge in [-0.1, -0.05) is 17.7 Å². The summed E-state index contributed by atoms with van der Waals surface area (Å²) in [5, 5.41) is 1.23. The van der Waals surface area contributed by atoms with Crippen molar-refractivity contribution in [2.24, 2.45) is 0 Å². The number of aromatic nitrogens is 2. The Morgan fingerprint density at radius 2 is 2.10 bits per heavy atom. The van der Waals surface area contributed by atoms with Gasteiger partial charge in [0.1, 0.15) is 5.52 Å². The van der Waals surface area contributed by atoms with E-state index in [4.69, 9.17) is 10.2 Å². The first-order valence-corrected chi connectivity index (χ1v) is 6.90. The van der Waals surface area contributed by atoms with Crippen LogP contribution in [0.15, 0.2) is 53.1 Å². The van der Waals surface area contributed by atoms with Crippen molar-refractivity contribution < 1.29 is 4.42 Å². The number of aryl methyl sites for hydroxylation is 1. The molecule has 0 amide bonds. The van der Waals surface area contributed by atoms with Crippen LogP contribution in [0.5, 0.6) is 0 Å². The molecule has 21 heavy (non-hydrogen) atoms. The molecule has 0 spiro atoms. The minimum Gasteiger partial charge on any atom is -0.439 e. The SMILES string of the molecule is Cc1ccc2c(ccn2Cc2nc3c(N)cccc3o2)c1. The molecule has 4 nitrogen and oxygen atoms in total. The summed E-state index contributed by atoms with van der Waals surface area (Å²) in [5.74, 6) is 0.668. The molecule has 4 rings (SSSR count). The largest absolute Gasteiger partial charge is 0.439 e. The molecule has 0 saturated heterocycles. The van der Waals surface area contributed by atoms with E-state index in [1.54, 1.807) is 0 Å². The molecule has 0 radical (unpaired) electrons. The third-order valence-corrected chi connectivity index (χ3v) is 3.73. The first-order chi connectivity index (χ1) is 10.2. The van der Waals surface area contributed by atoms with Crippen LogP contribution in [0.4, 0.5) is 5.69 Å². The fourth-order valence-electron chi connectivity index (χ4n) is 2.69. The maximum Gasteiger partial charge on any atom is 0.215 e. The van der Waals surface area contributed by atoms with Crippen molar-refractivity contribution in [2.45, 2.75) is 13.5 Å². The third-order valence-electron chi connectivity index (χ3n) is 3.73. The minimum atomic E-state index is 0.598. The van der Waals surface area contributed by atoms with Crippen LogP contribution in [-0.4, -0.2) is 9.55 Å².